The lowest BCUT2D eigenvalue weighted by Crippen LogP contribution is -2.63. The topological polar surface area (TPSA) is 27.7 Å². The molecule has 0 aliphatic rings. The van der Waals surface area contributed by atoms with Crippen molar-refractivity contribution in [3.8, 4) is 5.06 Å². The molecule has 0 amide bonds. The minimum atomic E-state index is -2.78. The van der Waals surface area contributed by atoms with Crippen molar-refractivity contribution in [3.05, 3.63) is 78.2 Å². The summed E-state index contributed by atoms with van der Waals surface area (Å²) in [6.07, 6.45) is 0. The lowest BCUT2D eigenvalue weighted by atomic mass is 10.4. The second kappa shape index (κ2) is 7.57. The highest BCUT2D eigenvalue weighted by Crippen LogP contribution is 2.18. The van der Waals surface area contributed by atoms with E-state index in [1.165, 1.54) is 0 Å². The SMILES string of the molecule is CO[Si](OCOc1cccs1)(c1ccccc1)c1ccccc1. The number of hydrogen-bond donors (Lipinski definition) is 0. The van der Waals surface area contributed by atoms with Crippen molar-refractivity contribution in [1.82, 2.24) is 0 Å². The fourth-order valence-corrected chi connectivity index (χ4v) is 5.77. The Kier molecular flexibility index (Phi) is 5.25. The second-order valence-electron chi connectivity index (χ2n) is 4.89. The molecule has 0 spiro atoms. The Bertz CT molecular complexity index is 662. The summed E-state index contributed by atoms with van der Waals surface area (Å²) in [6.45, 7) is 0.157. The summed E-state index contributed by atoms with van der Waals surface area (Å²) in [7, 11) is -1.07. The van der Waals surface area contributed by atoms with Gasteiger partial charge in [-0.1, -0.05) is 60.7 Å². The Morgan fingerprint density at radius 3 is 1.91 bits per heavy atom. The summed E-state index contributed by atoms with van der Waals surface area (Å²) in [6, 6.07) is 24.1. The van der Waals surface area contributed by atoms with Crippen LogP contribution in [0.15, 0.2) is 78.2 Å². The molecule has 0 saturated carbocycles. The van der Waals surface area contributed by atoms with Crippen LogP contribution in [-0.4, -0.2) is 22.5 Å². The Balaban J connectivity index is 1.89. The van der Waals surface area contributed by atoms with Crippen molar-refractivity contribution < 1.29 is 13.6 Å². The van der Waals surface area contributed by atoms with Gasteiger partial charge in [0.05, 0.1) is 0 Å². The van der Waals surface area contributed by atoms with Crippen LogP contribution in [0.5, 0.6) is 5.06 Å². The maximum absolute atomic E-state index is 6.23. The van der Waals surface area contributed by atoms with Crippen LogP contribution >= 0.6 is 11.3 Å². The van der Waals surface area contributed by atoms with Crippen LogP contribution in [0.4, 0.5) is 0 Å². The van der Waals surface area contributed by atoms with Gasteiger partial charge in [0, 0.05) is 7.11 Å². The van der Waals surface area contributed by atoms with Gasteiger partial charge in [0.15, 0.2) is 11.9 Å². The molecule has 118 valence electrons. The van der Waals surface area contributed by atoms with Gasteiger partial charge in [0.1, 0.15) is 0 Å². The first kappa shape index (κ1) is 16.0. The summed E-state index contributed by atoms with van der Waals surface area (Å²) >= 11 is 1.55. The molecule has 0 aliphatic carbocycles. The number of thiophene rings is 1. The number of rotatable bonds is 7. The van der Waals surface area contributed by atoms with E-state index in [0.717, 1.165) is 15.4 Å². The van der Waals surface area contributed by atoms with E-state index in [-0.39, 0.29) is 6.79 Å². The molecule has 0 N–H and O–H groups in total. The van der Waals surface area contributed by atoms with E-state index < -0.39 is 8.56 Å². The summed E-state index contributed by atoms with van der Waals surface area (Å²) < 4.78 is 17.9. The number of benzene rings is 2. The van der Waals surface area contributed by atoms with Gasteiger partial charge in [-0.15, -0.1) is 11.3 Å². The summed E-state index contributed by atoms with van der Waals surface area (Å²) in [5, 5.41) is 4.93. The van der Waals surface area contributed by atoms with Crippen molar-refractivity contribution >= 4 is 30.3 Å². The lowest BCUT2D eigenvalue weighted by Gasteiger charge is -2.29. The van der Waals surface area contributed by atoms with E-state index in [1.807, 2.05) is 78.2 Å². The van der Waals surface area contributed by atoms with Crippen LogP contribution in [0, 0.1) is 0 Å². The van der Waals surface area contributed by atoms with Crippen LogP contribution in [-0.2, 0) is 8.85 Å². The monoisotopic (exact) mass is 342 g/mol. The van der Waals surface area contributed by atoms with E-state index in [0.29, 0.717) is 0 Å². The third-order valence-electron chi connectivity index (χ3n) is 3.55. The molecule has 0 bridgehead atoms. The van der Waals surface area contributed by atoms with Gasteiger partial charge in [-0.25, -0.2) is 0 Å². The largest absolute Gasteiger partial charge is 0.459 e. The minimum Gasteiger partial charge on any atom is -0.459 e. The molecule has 0 unspecified atom stereocenters. The summed E-state index contributed by atoms with van der Waals surface area (Å²) in [5.74, 6) is 0. The molecule has 0 saturated heterocycles. The van der Waals surface area contributed by atoms with Gasteiger partial charge in [0.2, 0.25) is 0 Å². The first-order valence-electron chi connectivity index (χ1n) is 7.31. The second-order valence-corrected chi connectivity index (χ2v) is 8.89. The van der Waals surface area contributed by atoms with Crippen molar-refractivity contribution in [3.63, 3.8) is 0 Å². The van der Waals surface area contributed by atoms with E-state index in [2.05, 4.69) is 0 Å². The van der Waals surface area contributed by atoms with Gasteiger partial charge >= 0.3 is 8.56 Å². The molecule has 1 heterocycles. The smallest absolute Gasteiger partial charge is 0.409 e. The quantitative estimate of drug-likeness (QED) is 0.488. The van der Waals surface area contributed by atoms with Crippen molar-refractivity contribution in [2.45, 2.75) is 0 Å². The van der Waals surface area contributed by atoms with Crippen molar-refractivity contribution in [2.24, 2.45) is 0 Å². The Labute approximate surface area is 141 Å². The average Bonchev–Trinajstić information content (AvgIpc) is 3.14. The molecule has 3 aromatic rings. The normalized spacial score (nSPS) is 11.3. The zero-order chi connectivity index (χ0) is 16.0. The average molecular weight is 342 g/mol. The molecule has 23 heavy (non-hydrogen) atoms. The number of ether oxygens (including phenoxy) is 1. The fourth-order valence-electron chi connectivity index (χ4n) is 2.46. The Morgan fingerprint density at radius 2 is 1.43 bits per heavy atom. The third-order valence-corrected chi connectivity index (χ3v) is 7.62. The molecule has 0 aliphatic heterocycles. The molecular weight excluding hydrogens is 324 g/mol. The first-order chi connectivity index (χ1) is 11.3. The van der Waals surface area contributed by atoms with Crippen molar-refractivity contribution in [2.75, 3.05) is 13.9 Å². The van der Waals surface area contributed by atoms with E-state index in [1.54, 1.807) is 18.4 Å². The molecule has 0 atom stereocenters. The van der Waals surface area contributed by atoms with Crippen molar-refractivity contribution in [1.29, 1.82) is 0 Å². The lowest BCUT2D eigenvalue weighted by molar-refractivity contribution is 0.0915. The highest BCUT2D eigenvalue weighted by Gasteiger charge is 2.42. The molecule has 0 radical (unpaired) electrons. The minimum absolute atomic E-state index is 0.157. The Hall–Kier alpha value is -1.92. The van der Waals surface area contributed by atoms with E-state index in [4.69, 9.17) is 13.6 Å². The predicted octanol–water partition coefficient (Wildman–Crippen LogP) is 3.00. The van der Waals surface area contributed by atoms with Crippen LogP contribution in [0.1, 0.15) is 0 Å². The molecule has 3 rings (SSSR count). The maximum Gasteiger partial charge on any atom is 0.409 e. The van der Waals surface area contributed by atoms with Gasteiger partial charge in [0.25, 0.3) is 0 Å². The highest BCUT2D eigenvalue weighted by atomic mass is 32.1. The molecule has 3 nitrogen and oxygen atoms in total. The zero-order valence-corrected chi connectivity index (χ0v) is 14.7. The van der Waals surface area contributed by atoms with Crippen LogP contribution < -0.4 is 15.1 Å². The van der Waals surface area contributed by atoms with Crippen LogP contribution in [0.2, 0.25) is 0 Å². The van der Waals surface area contributed by atoms with Gasteiger partial charge < -0.3 is 13.6 Å². The standard InChI is InChI=1S/C18H18O3SSi/c1-19-23(16-9-4-2-5-10-16,17-11-6-3-7-12-17)21-15-20-18-13-8-14-22-18/h2-14H,15H2,1H3. The Morgan fingerprint density at radius 1 is 0.826 bits per heavy atom. The van der Waals surface area contributed by atoms with Crippen LogP contribution in [0.3, 0.4) is 0 Å². The fraction of sp³-hybridized carbons (Fsp3) is 0.111. The van der Waals surface area contributed by atoms with E-state index in [9.17, 15) is 0 Å². The maximum atomic E-state index is 6.23. The van der Waals surface area contributed by atoms with Gasteiger partial charge in [-0.05, 0) is 27.9 Å². The highest BCUT2D eigenvalue weighted by molar-refractivity contribution is 7.11. The predicted molar refractivity (Wildman–Crippen MR) is 95.8 cm³/mol. The summed E-state index contributed by atoms with van der Waals surface area (Å²) in [4.78, 5) is 0. The van der Waals surface area contributed by atoms with Gasteiger partial charge in [-0.2, -0.15) is 0 Å². The molecule has 0 fully saturated rings. The van der Waals surface area contributed by atoms with Gasteiger partial charge in [-0.3, -0.25) is 0 Å². The van der Waals surface area contributed by atoms with E-state index >= 15 is 0 Å². The molecule has 1 aromatic heterocycles. The molecule has 5 heteroatoms. The number of hydrogen-bond acceptors (Lipinski definition) is 4. The third kappa shape index (κ3) is 3.54. The molecule has 2 aromatic carbocycles. The van der Waals surface area contributed by atoms with Crippen LogP contribution in [0.25, 0.3) is 0 Å². The zero-order valence-electron chi connectivity index (χ0n) is 12.8. The molecular formula is C18H18O3SSi. The first-order valence-corrected chi connectivity index (χ1v) is 10.0. The summed E-state index contributed by atoms with van der Waals surface area (Å²) in [5.41, 5.74) is 0.